The van der Waals surface area contributed by atoms with E-state index in [4.69, 9.17) is 14.7 Å². The van der Waals surface area contributed by atoms with Crippen molar-refractivity contribution in [3.63, 3.8) is 0 Å². The van der Waals surface area contributed by atoms with Gasteiger partial charge in [-0.05, 0) is 43.3 Å². The minimum Gasteiger partial charge on any atom is -0.490 e. The molecule has 3 atom stereocenters. The third kappa shape index (κ3) is 4.20. The number of nitriles is 1. The van der Waals surface area contributed by atoms with E-state index in [1.54, 1.807) is 18.2 Å². The van der Waals surface area contributed by atoms with Gasteiger partial charge in [-0.3, -0.25) is 4.79 Å². The highest BCUT2D eigenvalue weighted by molar-refractivity contribution is 5.93. The van der Waals surface area contributed by atoms with Crippen LogP contribution in [0.1, 0.15) is 43.4 Å². The number of fused-ring (bicyclic) bond motifs is 1. The van der Waals surface area contributed by atoms with Crippen molar-refractivity contribution in [1.29, 1.82) is 5.26 Å². The number of anilines is 1. The quantitative estimate of drug-likeness (QED) is 0.838. The highest BCUT2D eigenvalue weighted by Crippen LogP contribution is 2.33. The summed E-state index contributed by atoms with van der Waals surface area (Å²) in [5, 5.41) is 12.0. The molecule has 29 heavy (non-hydrogen) atoms. The van der Waals surface area contributed by atoms with E-state index in [-0.39, 0.29) is 18.0 Å². The molecule has 0 aliphatic carbocycles. The number of rotatable bonds is 4. The third-order valence-electron chi connectivity index (χ3n) is 5.79. The molecule has 2 aromatic carbocycles. The number of ether oxygens (including phenoxy) is 2. The zero-order chi connectivity index (χ0) is 20.2. The number of benzene rings is 2. The topological polar surface area (TPSA) is 75.8 Å². The van der Waals surface area contributed by atoms with Crippen LogP contribution in [-0.2, 0) is 4.79 Å². The van der Waals surface area contributed by atoms with Gasteiger partial charge < -0.3 is 19.7 Å². The monoisotopic (exact) mass is 392 g/mol. The van der Waals surface area contributed by atoms with Crippen molar-refractivity contribution >= 4 is 11.6 Å². The summed E-state index contributed by atoms with van der Waals surface area (Å²) in [5.74, 6) is 1.57. The summed E-state index contributed by atoms with van der Waals surface area (Å²) in [6.45, 7) is 4.27. The Morgan fingerprint density at radius 2 is 2.00 bits per heavy atom. The average molecular weight is 392 g/mol. The van der Waals surface area contributed by atoms with Crippen LogP contribution in [0.4, 0.5) is 5.69 Å². The second-order valence-corrected chi connectivity index (χ2v) is 7.68. The van der Waals surface area contributed by atoms with Crippen LogP contribution in [-0.4, -0.2) is 31.7 Å². The van der Waals surface area contributed by atoms with E-state index in [1.165, 1.54) is 10.5 Å². The number of hydrogen-bond donors (Lipinski definition) is 2. The molecule has 6 heteroatoms. The summed E-state index contributed by atoms with van der Waals surface area (Å²) in [4.78, 5) is 14.2. The molecule has 150 valence electrons. The highest BCUT2D eigenvalue weighted by Gasteiger charge is 2.37. The molecule has 1 unspecified atom stereocenters. The fourth-order valence-electron chi connectivity index (χ4n) is 4.25. The number of hydrogen-bond acceptors (Lipinski definition) is 4. The van der Waals surface area contributed by atoms with Gasteiger partial charge in [-0.1, -0.05) is 6.07 Å². The van der Waals surface area contributed by atoms with Gasteiger partial charge in [-0.15, -0.1) is 0 Å². The van der Waals surface area contributed by atoms with E-state index >= 15 is 0 Å². The minimum absolute atomic E-state index is 0.0312. The molecular formula is C23H26N3O3+. The van der Waals surface area contributed by atoms with Gasteiger partial charge in [-0.2, -0.15) is 5.26 Å². The Morgan fingerprint density at radius 3 is 2.83 bits per heavy atom. The van der Waals surface area contributed by atoms with Gasteiger partial charge in [0.25, 0.3) is 5.91 Å². The SMILES string of the molecule is C[C@H](C(=O)Nc1cccc(C#N)c1)[NH+]1CCC[C@@H]1c1ccc2c(c1)OCCCO2. The van der Waals surface area contributed by atoms with Crippen LogP contribution >= 0.6 is 0 Å². The lowest BCUT2D eigenvalue weighted by molar-refractivity contribution is -0.932. The van der Waals surface area contributed by atoms with Gasteiger partial charge in [0, 0.05) is 30.5 Å². The van der Waals surface area contributed by atoms with Crippen molar-refractivity contribution in [2.45, 2.75) is 38.3 Å². The summed E-state index contributed by atoms with van der Waals surface area (Å²) >= 11 is 0. The Hall–Kier alpha value is -3.04. The molecule has 0 spiro atoms. The average Bonchev–Trinajstić information content (AvgIpc) is 3.11. The molecule has 0 radical (unpaired) electrons. The molecular weight excluding hydrogens is 366 g/mol. The van der Waals surface area contributed by atoms with Crippen molar-refractivity contribution in [2.75, 3.05) is 25.1 Å². The van der Waals surface area contributed by atoms with E-state index in [0.717, 1.165) is 37.3 Å². The second kappa shape index (κ2) is 8.54. The highest BCUT2D eigenvalue weighted by atomic mass is 16.5. The molecule has 1 fully saturated rings. The van der Waals surface area contributed by atoms with Gasteiger partial charge in [0.2, 0.25) is 0 Å². The van der Waals surface area contributed by atoms with E-state index < -0.39 is 0 Å². The molecule has 4 rings (SSSR count). The molecule has 6 nitrogen and oxygen atoms in total. The molecule has 2 N–H and O–H groups in total. The number of likely N-dealkylation sites (tertiary alicyclic amines) is 1. The Labute approximate surface area is 171 Å². The van der Waals surface area contributed by atoms with Crippen molar-refractivity contribution in [1.82, 2.24) is 0 Å². The first-order chi connectivity index (χ1) is 14.2. The zero-order valence-corrected chi connectivity index (χ0v) is 16.6. The van der Waals surface area contributed by atoms with Crippen LogP contribution in [0.2, 0.25) is 0 Å². The lowest BCUT2D eigenvalue weighted by Crippen LogP contribution is -3.15. The maximum Gasteiger partial charge on any atom is 0.282 e. The molecule has 2 heterocycles. The molecule has 0 bridgehead atoms. The molecule has 2 aromatic rings. The summed E-state index contributed by atoms with van der Waals surface area (Å²) in [5.41, 5.74) is 2.38. The standard InChI is InChI=1S/C23H25N3O3/c1-16(23(27)25-19-6-2-5-17(13-19)15-24)26-10-3-7-20(26)18-8-9-21-22(14-18)29-12-4-11-28-21/h2,5-6,8-9,13-14,16,20H,3-4,7,10-12H2,1H3,(H,25,27)/p+1/t16-,20-/m1/s1. The third-order valence-corrected chi connectivity index (χ3v) is 5.79. The van der Waals surface area contributed by atoms with E-state index in [1.807, 2.05) is 19.1 Å². The number of nitrogens with one attached hydrogen (secondary N) is 2. The first kappa shape index (κ1) is 19.3. The van der Waals surface area contributed by atoms with Crippen molar-refractivity contribution in [2.24, 2.45) is 0 Å². The minimum atomic E-state index is -0.204. The molecule has 2 aliphatic heterocycles. The lowest BCUT2D eigenvalue weighted by Gasteiger charge is -2.27. The summed E-state index contributed by atoms with van der Waals surface area (Å²) in [7, 11) is 0. The van der Waals surface area contributed by atoms with Crippen molar-refractivity contribution in [3.8, 4) is 17.6 Å². The van der Waals surface area contributed by atoms with Crippen LogP contribution in [0.3, 0.4) is 0 Å². The number of carbonyl (C=O) groups excluding carboxylic acids is 1. The molecule has 2 aliphatic rings. The Morgan fingerprint density at radius 1 is 1.17 bits per heavy atom. The fraction of sp³-hybridized carbons (Fsp3) is 0.391. The van der Waals surface area contributed by atoms with Crippen molar-refractivity contribution < 1.29 is 19.2 Å². The maximum atomic E-state index is 12.9. The van der Waals surface area contributed by atoms with Gasteiger partial charge in [0.15, 0.2) is 17.5 Å². The first-order valence-electron chi connectivity index (χ1n) is 10.2. The summed E-state index contributed by atoms with van der Waals surface area (Å²) in [6, 6.07) is 15.3. The van der Waals surface area contributed by atoms with E-state index in [2.05, 4.69) is 23.5 Å². The van der Waals surface area contributed by atoms with Crippen molar-refractivity contribution in [3.05, 3.63) is 53.6 Å². The fourth-order valence-corrected chi connectivity index (χ4v) is 4.25. The number of carbonyl (C=O) groups is 1. The zero-order valence-electron chi connectivity index (χ0n) is 16.6. The molecule has 0 aromatic heterocycles. The van der Waals surface area contributed by atoms with Crippen LogP contribution < -0.4 is 19.7 Å². The number of quaternary nitrogens is 1. The maximum absolute atomic E-state index is 12.9. The van der Waals surface area contributed by atoms with Crippen LogP contribution in [0.25, 0.3) is 0 Å². The van der Waals surface area contributed by atoms with E-state index in [0.29, 0.717) is 24.5 Å². The predicted octanol–water partition coefficient (Wildman–Crippen LogP) is 2.47. The summed E-state index contributed by atoms with van der Waals surface area (Å²) in [6.07, 6.45) is 3.00. The lowest BCUT2D eigenvalue weighted by atomic mass is 10.0. The van der Waals surface area contributed by atoms with Crippen LogP contribution in [0.15, 0.2) is 42.5 Å². The first-order valence-corrected chi connectivity index (χ1v) is 10.2. The molecule has 1 amide bonds. The molecule has 0 saturated carbocycles. The van der Waals surface area contributed by atoms with E-state index in [9.17, 15) is 4.79 Å². The number of amides is 1. The largest absolute Gasteiger partial charge is 0.490 e. The molecule has 1 saturated heterocycles. The predicted molar refractivity (Wildman–Crippen MR) is 109 cm³/mol. The van der Waals surface area contributed by atoms with Gasteiger partial charge in [-0.25, -0.2) is 0 Å². The van der Waals surface area contributed by atoms with Gasteiger partial charge >= 0.3 is 0 Å². The van der Waals surface area contributed by atoms with Gasteiger partial charge in [0.1, 0.15) is 6.04 Å². The Bertz CT molecular complexity index is 937. The van der Waals surface area contributed by atoms with Crippen LogP contribution in [0, 0.1) is 11.3 Å². The van der Waals surface area contributed by atoms with Gasteiger partial charge in [0.05, 0.1) is 31.4 Å². The summed E-state index contributed by atoms with van der Waals surface area (Å²) < 4.78 is 11.6. The Balaban J connectivity index is 1.49. The second-order valence-electron chi connectivity index (χ2n) is 7.68. The number of nitrogens with zero attached hydrogens (tertiary/aromatic N) is 1. The van der Waals surface area contributed by atoms with Crippen LogP contribution in [0.5, 0.6) is 11.5 Å². The normalized spacial score (nSPS) is 21.7. The smallest absolute Gasteiger partial charge is 0.282 e. The Kier molecular flexibility index (Phi) is 5.68.